The van der Waals surface area contributed by atoms with Crippen molar-refractivity contribution in [1.29, 1.82) is 0 Å². The first kappa shape index (κ1) is 14.8. The van der Waals surface area contributed by atoms with Gasteiger partial charge in [-0.1, -0.05) is 11.3 Å². The fourth-order valence-electron chi connectivity index (χ4n) is 2.74. The van der Waals surface area contributed by atoms with Crippen molar-refractivity contribution in [3.63, 3.8) is 0 Å². The second-order valence-electron chi connectivity index (χ2n) is 5.47. The van der Waals surface area contributed by atoms with E-state index in [9.17, 15) is 4.79 Å². The van der Waals surface area contributed by atoms with Gasteiger partial charge in [-0.05, 0) is 30.7 Å². The summed E-state index contributed by atoms with van der Waals surface area (Å²) in [4.78, 5) is 20.2. The number of carbonyl (C=O) groups excluding carboxylic acids is 1. The third-order valence-corrected chi connectivity index (χ3v) is 4.58. The van der Waals surface area contributed by atoms with E-state index in [0.29, 0.717) is 29.6 Å². The maximum Gasteiger partial charge on any atom is 0.278 e. The Kier molecular flexibility index (Phi) is 3.96. The van der Waals surface area contributed by atoms with Gasteiger partial charge in [-0.3, -0.25) is 4.79 Å². The van der Waals surface area contributed by atoms with E-state index in [2.05, 4.69) is 15.2 Å². The Morgan fingerprint density at radius 2 is 1.96 bits per heavy atom. The first-order valence-electron chi connectivity index (χ1n) is 7.62. The molecule has 4 rings (SSSR count). The molecule has 3 aromatic rings. The van der Waals surface area contributed by atoms with Crippen LogP contribution in [-0.4, -0.2) is 43.9 Å². The van der Waals surface area contributed by atoms with Gasteiger partial charge in [0.2, 0.25) is 0 Å². The van der Waals surface area contributed by atoms with Crippen LogP contribution in [-0.2, 0) is 0 Å². The van der Waals surface area contributed by atoms with Crippen LogP contribution < -0.4 is 4.74 Å². The molecule has 7 nitrogen and oxygen atoms in total. The molecule has 1 atom stereocenters. The van der Waals surface area contributed by atoms with Crippen LogP contribution in [0, 0.1) is 0 Å². The van der Waals surface area contributed by atoms with Crippen LogP contribution in [0.1, 0.15) is 22.8 Å². The lowest BCUT2D eigenvalue weighted by molar-refractivity contribution is 0.0786. The molecule has 2 aromatic heterocycles. The third kappa shape index (κ3) is 3.00. The largest absolute Gasteiger partial charge is 0.431 e. The molecule has 1 fully saturated rings. The molecule has 8 heteroatoms. The summed E-state index contributed by atoms with van der Waals surface area (Å²) in [7, 11) is 0. The molecular formula is C16H15N5O2S. The second kappa shape index (κ2) is 6.40. The number of hydrogen-bond donors (Lipinski definition) is 0. The molecule has 0 radical (unpaired) electrons. The fraction of sp³-hybridized carbons (Fsp3) is 0.250. The SMILES string of the molecule is O=C(c1ccc(Oc2nccs2)cc1)N1CC[C@@H](n2nccn2)C1. The van der Waals surface area contributed by atoms with E-state index in [4.69, 9.17) is 4.74 Å². The normalized spacial score (nSPS) is 17.2. The van der Waals surface area contributed by atoms with Crippen molar-refractivity contribution in [3.8, 4) is 10.9 Å². The molecule has 122 valence electrons. The highest BCUT2D eigenvalue weighted by atomic mass is 32.1. The molecule has 1 saturated heterocycles. The van der Waals surface area contributed by atoms with Gasteiger partial charge in [-0.25, -0.2) is 4.98 Å². The summed E-state index contributed by atoms with van der Waals surface area (Å²) in [5.41, 5.74) is 0.649. The summed E-state index contributed by atoms with van der Waals surface area (Å²) in [6.07, 6.45) is 5.87. The van der Waals surface area contributed by atoms with Crippen LogP contribution >= 0.6 is 11.3 Å². The zero-order valence-corrected chi connectivity index (χ0v) is 13.6. The smallest absolute Gasteiger partial charge is 0.278 e. The molecular weight excluding hydrogens is 326 g/mol. The number of aromatic nitrogens is 4. The Hall–Kier alpha value is -2.74. The molecule has 24 heavy (non-hydrogen) atoms. The lowest BCUT2D eigenvalue weighted by Crippen LogP contribution is -2.29. The molecule has 1 aliphatic heterocycles. The summed E-state index contributed by atoms with van der Waals surface area (Å²) < 4.78 is 5.61. The number of carbonyl (C=O) groups is 1. The highest BCUT2D eigenvalue weighted by molar-refractivity contribution is 7.11. The van der Waals surface area contributed by atoms with E-state index >= 15 is 0 Å². The number of rotatable bonds is 4. The highest BCUT2D eigenvalue weighted by Crippen LogP contribution is 2.25. The predicted octanol–water partition coefficient (Wildman–Crippen LogP) is 2.61. The van der Waals surface area contributed by atoms with Gasteiger partial charge in [-0.2, -0.15) is 15.0 Å². The van der Waals surface area contributed by atoms with Crippen LogP contribution in [0.3, 0.4) is 0 Å². The first-order chi connectivity index (χ1) is 11.8. The molecule has 0 saturated carbocycles. The molecule has 0 bridgehead atoms. The summed E-state index contributed by atoms with van der Waals surface area (Å²) in [5.74, 6) is 0.687. The van der Waals surface area contributed by atoms with Gasteiger partial charge in [0, 0.05) is 30.2 Å². The van der Waals surface area contributed by atoms with Crippen molar-refractivity contribution < 1.29 is 9.53 Å². The van der Waals surface area contributed by atoms with Gasteiger partial charge >= 0.3 is 0 Å². The molecule has 1 aliphatic rings. The Morgan fingerprint density at radius 1 is 1.17 bits per heavy atom. The van der Waals surface area contributed by atoms with Crippen LogP contribution in [0.15, 0.2) is 48.2 Å². The third-order valence-electron chi connectivity index (χ3n) is 3.93. The Labute approximate surface area is 142 Å². The van der Waals surface area contributed by atoms with Crippen molar-refractivity contribution in [2.24, 2.45) is 0 Å². The van der Waals surface area contributed by atoms with Crippen molar-refractivity contribution in [3.05, 3.63) is 53.8 Å². The van der Waals surface area contributed by atoms with Gasteiger partial charge < -0.3 is 9.64 Å². The Balaban J connectivity index is 1.41. The van der Waals surface area contributed by atoms with E-state index in [1.54, 1.807) is 47.7 Å². The highest BCUT2D eigenvalue weighted by Gasteiger charge is 2.28. The monoisotopic (exact) mass is 341 g/mol. The number of benzene rings is 1. The van der Waals surface area contributed by atoms with Gasteiger partial charge in [-0.15, -0.1) is 0 Å². The number of amides is 1. The van der Waals surface area contributed by atoms with Gasteiger partial charge in [0.15, 0.2) is 0 Å². The average Bonchev–Trinajstić information content (AvgIpc) is 3.36. The zero-order valence-electron chi connectivity index (χ0n) is 12.8. The van der Waals surface area contributed by atoms with Crippen LogP contribution in [0.25, 0.3) is 0 Å². The standard InChI is InChI=1S/C16H15N5O2S/c22-15(20-9-5-13(11-20)21-18-6-7-19-21)12-1-3-14(4-2-12)23-16-17-8-10-24-16/h1-4,6-8,10,13H,5,9,11H2/t13-/m1/s1. The summed E-state index contributed by atoms with van der Waals surface area (Å²) in [6.45, 7) is 1.34. The van der Waals surface area contributed by atoms with Gasteiger partial charge in [0.05, 0.1) is 18.4 Å². The summed E-state index contributed by atoms with van der Waals surface area (Å²) in [5, 5.41) is 10.8. The number of likely N-dealkylation sites (tertiary alicyclic amines) is 1. The van der Waals surface area contributed by atoms with Crippen molar-refractivity contribution in [1.82, 2.24) is 24.9 Å². The second-order valence-corrected chi connectivity index (χ2v) is 6.32. The molecule has 0 aliphatic carbocycles. The van der Waals surface area contributed by atoms with Crippen molar-refractivity contribution >= 4 is 17.2 Å². The fourth-order valence-corrected chi connectivity index (χ4v) is 3.24. The Morgan fingerprint density at radius 3 is 2.67 bits per heavy atom. The lowest BCUT2D eigenvalue weighted by atomic mass is 10.2. The van der Waals surface area contributed by atoms with Gasteiger partial charge in [0.1, 0.15) is 5.75 Å². The van der Waals surface area contributed by atoms with E-state index in [0.717, 1.165) is 6.42 Å². The van der Waals surface area contributed by atoms with E-state index < -0.39 is 0 Å². The molecule has 0 unspecified atom stereocenters. The Bertz CT molecular complexity index is 802. The van der Waals surface area contributed by atoms with E-state index in [-0.39, 0.29) is 11.9 Å². The topological polar surface area (TPSA) is 73.1 Å². The predicted molar refractivity (Wildman–Crippen MR) is 88.2 cm³/mol. The molecule has 3 heterocycles. The minimum atomic E-state index is 0.0189. The minimum absolute atomic E-state index is 0.0189. The zero-order chi connectivity index (χ0) is 16.4. The minimum Gasteiger partial charge on any atom is -0.431 e. The molecule has 1 amide bonds. The van der Waals surface area contributed by atoms with Gasteiger partial charge in [0.25, 0.3) is 11.1 Å². The quantitative estimate of drug-likeness (QED) is 0.729. The number of nitrogens with zero attached hydrogens (tertiary/aromatic N) is 5. The molecule has 0 spiro atoms. The lowest BCUT2D eigenvalue weighted by Gasteiger charge is -2.16. The maximum atomic E-state index is 12.6. The summed E-state index contributed by atoms with van der Waals surface area (Å²) in [6, 6.07) is 7.29. The van der Waals surface area contributed by atoms with Crippen molar-refractivity contribution in [2.75, 3.05) is 13.1 Å². The van der Waals surface area contributed by atoms with Crippen molar-refractivity contribution in [2.45, 2.75) is 12.5 Å². The summed E-state index contributed by atoms with van der Waals surface area (Å²) >= 11 is 1.42. The number of thiazole rings is 1. The van der Waals surface area contributed by atoms with E-state index in [1.165, 1.54) is 11.3 Å². The maximum absolute atomic E-state index is 12.6. The van der Waals surface area contributed by atoms with Crippen LogP contribution in [0.5, 0.6) is 10.9 Å². The van der Waals surface area contributed by atoms with E-state index in [1.807, 2.05) is 10.3 Å². The average molecular weight is 341 g/mol. The number of hydrogen-bond acceptors (Lipinski definition) is 6. The molecule has 1 aromatic carbocycles. The number of ether oxygens (including phenoxy) is 1. The molecule has 0 N–H and O–H groups in total. The van der Waals surface area contributed by atoms with Crippen LogP contribution in [0.4, 0.5) is 0 Å². The van der Waals surface area contributed by atoms with Crippen LogP contribution in [0.2, 0.25) is 0 Å². The first-order valence-corrected chi connectivity index (χ1v) is 8.50.